The molecule has 0 saturated carbocycles. The maximum Gasteiger partial charge on any atom is 0.0481 e. The van der Waals surface area contributed by atoms with Crippen LogP contribution >= 0.6 is 79.4 Å². The maximum atomic E-state index is 2.69. The Balaban J connectivity index is 1.23. The van der Waals surface area contributed by atoms with Gasteiger partial charge in [-0.2, -0.15) is 0 Å². The van der Waals surface area contributed by atoms with Crippen LogP contribution in [0.15, 0.2) is 59.3 Å². The molecule has 0 aliphatic heterocycles. The van der Waals surface area contributed by atoms with Gasteiger partial charge in [0.15, 0.2) is 0 Å². The fourth-order valence-electron chi connectivity index (χ4n) is 12.4. The first-order valence-corrected chi connectivity index (χ1v) is 40.6. The second kappa shape index (κ2) is 40.4. The summed E-state index contributed by atoms with van der Waals surface area (Å²) in [7, 11) is 0. The maximum absolute atomic E-state index is 2.69. The Bertz CT molecular complexity index is 2580. The largest absolute Gasteiger partial charge is 0.143 e. The summed E-state index contributed by atoms with van der Waals surface area (Å²) in [5, 5.41) is 4.76. The Morgan fingerprint density at radius 2 is 0.422 bits per heavy atom. The molecule has 0 bridgehead atoms. The third-order valence-electron chi connectivity index (χ3n) is 17.5. The van der Waals surface area contributed by atoms with Crippen molar-refractivity contribution in [3.05, 3.63) is 92.7 Å². The molecule has 0 aliphatic rings. The number of aryl methyl sites for hydroxylation is 6. The van der Waals surface area contributed by atoms with Crippen LogP contribution in [0.5, 0.6) is 0 Å². The highest BCUT2D eigenvalue weighted by atomic mass is 32.1. The first-order valence-electron chi connectivity index (χ1n) is 34.7. The number of hydrogen-bond donors (Lipinski definition) is 0. The van der Waals surface area contributed by atoms with E-state index in [-0.39, 0.29) is 0 Å². The SMILES string of the molecule is CCCCCCCCc1ccsc1-c1cc(CCCCCCCC)c(-c2cc(CCCCCCCC)c(-c3ccc(-c4sc(-c5sc(-c6sccc6CCCCCCCC)cc5CCCCCCCC)cc4CCCCCCCC)s3)s2)s1. The number of hydrogen-bond acceptors (Lipinski definition) is 7. The molecule has 7 rings (SSSR count). The summed E-state index contributed by atoms with van der Waals surface area (Å²) >= 11 is 14.6. The Labute approximate surface area is 537 Å². The molecule has 83 heavy (non-hydrogen) atoms. The van der Waals surface area contributed by atoms with Gasteiger partial charge in [-0.05, 0) is 170 Å². The van der Waals surface area contributed by atoms with Crippen molar-refractivity contribution < 1.29 is 0 Å². The van der Waals surface area contributed by atoms with Crippen molar-refractivity contribution in [2.45, 2.75) is 311 Å². The van der Waals surface area contributed by atoms with Crippen molar-refractivity contribution in [3.8, 4) is 58.5 Å². The summed E-state index contributed by atoms with van der Waals surface area (Å²) in [6, 6.07) is 20.7. The van der Waals surface area contributed by atoms with E-state index in [9.17, 15) is 0 Å². The van der Waals surface area contributed by atoms with Crippen LogP contribution < -0.4 is 0 Å². The lowest BCUT2D eigenvalue weighted by Crippen LogP contribution is -1.87. The van der Waals surface area contributed by atoms with Gasteiger partial charge in [-0.3, -0.25) is 0 Å². The van der Waals surface area contributed by atoms with Crippen LogP contribution in [0.1, 0.15) is 306 Å². The van der Waals surface area contributed by atoms with Crippen molar-refractivity contribution >= 4 is 79.4 Å². The Hall–Kier alpha value is -2.10. The molecule has 0 spiro atoms. The van der Waals surface area contributed by atoms with E-state index in [4.69, 9.17) is 0 Å². The third kappa shape index (κ3) is 22.5. The molecule has 0 radical (unpaired) electrons. The van der Waals surface area contributed by atoms with Gasteiger partial charge in [0.2, 0.25) is 0 Å². The van der Waals surface area contributed by atoms with Gasteiger partial charge in [-0.15, -0.1) is 79.4 Å². The minimum absolute atomic E-state index is 1.18. The zero-order valence-electron chi connectivity index (χ0n) is 53.3. The van der Waals surface area contributed by atoms with Crippen LogP contribution in [0.2, 0.25) is 0 Å². The van der Waals surface area contributed by atoms with E-state index in [2.05, 4.69) is 158 Å². The molecular formula is C76H112S7. The number of unbranched alkanes of at least 4 members (excludes halogenated alkanes) is 30. The Morgan fingerprint density at radius 3 is 0.687 bits per heavy atom. The third-order valence-corrected chi connectivity index (χ3v) is 26.3. The predicted octanol–water partition coefficient (Wildman–Crippen LogP) is 29.5. The van der Waals surface area contributed by atoms with Crippen LogP contribution in [0.4, 0.5) is 0 Å². The van der Waals surface area contributed by atoms with Gasteiger partial charge in [0, 0.05) is 58.5 Å². The first kappa shape index (κ1) is 68.4. The molecule has 7 heteroatoms. The van der Waals surface area contributed by atoms with E-state index >= 15 is 0 Å². The van der Waals surface area contributed by atoms with E-state index in [1.807, 2.05) is 22.7 Å². The Morgan fingerprint density at radius 1 is 0.205 bits per heavy atom. The highest BCUT2D eigenvalue weighted by Crippen LogP contribution is 2.52. The van der Waals surface area contributed by atoms with Crippen LogP contribution in [0.3, 0.4) is 0 Å². The minimum atomic E-state index is 1.18. The molecule has 0 amide bonds. The lowest BCUT2D eigenvalue weighted by Gasteiger charge is -2.04. The lowest BCUT2D eigenvalue weighted by atomic mass is 10.0. The highest BCUT2D eigenvalue weighted by molar-refractivity contribution is 7.31. The average Bonchev–Trinajstić information content (AvgIpc) is 4.24. The second-order valence-corrected chi connectivity index (χ2v) is 31.8. The van der Waals surface area contributed by atoms with E-state index < -0.39 is 0 Å². The molecule has 0 fully saturated rings. The molecule has 7 aromatic rings. The molecule has 0 unspecified atom stereocenters. The van der Waals surface area contributed by atoms with E-state index in [1.165, 1.54) is 299 Å². The van der Waals surface area contributed by atoms with Gasteiger partial charge in [-0.1, -0.05) is 234 Å². The normalized spacial score (nSPS) is 11.8. The van der Waals surface area contributed by atoms with Gasteiger partial charge >= 0.3 is 0 Å². The topological polar surface area (TPSA) is 0 Å². The van der Waals surface area contributed by atoms with Crippen LogP contribution in [0.25, 0.3) is 58.5 Å². The van der Waals surface area contributed by atoms with Crippen LogP contribution in [-0.4, -0.2) is 0 Å². The quantitative estimate of drug-likeness (QED) is 0.0334. The smallest absolute Gasteiger partial charge is 0.0481 e. The molecule has 0 aromatic carbocycles. The van der Waals surface area contributed by atoms with Gasteiger partial charge in [0.1, 0.15) is 0 Å². The van der Waals surface area contributed by atoms with Crippen molar-refractivity contribution in [1.29, 1.82) is 0 Å². The molecule has 0 saturated heterocycles. The van der Waals surface area contributed by atoms with Gasteiger partial charge < -0.3 is 0 Å². The zero-order chi connectivity index (χ0) is 58.1. The monoisotopic (exact) mass is 1250 g/mol. The second-order valence-electron chi connectivity index (χ2n) is 24.7. The van der Waals surface area contributed by atoms with E-state index in [1.54, 1.807) is 62.6 Å². The molecule has 0 nitrogen and oxygen atoms in total. The summed E-state index contributed by atoms with van der Waals surface area (Å²) in [4.78, 5) is 18.4. The fraction of sp³-hybridized carbons (Fsp3) is 0.632. The van der Waals surface area contributed by atoms with Crippen molar-refractivity contribution in [3.63, 3.8) is 0 Å². The van der Waals surface area contributed by atoms with E-state index in [0.717, 1.165) is 0 Å². The number of rotatable bonds is 48. The van der Waals surface area contributed by atoms with Gasteiger partial charge in [0.05, 0.1) is 0 Å². The van der Waals surface area contributed by atoms with Crippen molar-refractivity contribution in [2.75, 3.05) is 0 Å². The molecule has 0 atom stereocenters. The lowest BCUT2D eigenvalue weighted by molar-refractivity contribution is 0.608. The summed E-state index contributed by atoms with van der Waals surface area (Å²) in [5.74, 6) is 0. The summed E-state index contributed by atoms with van der Waals surface area (Å²) in [6.45, 7) is 14.0. The molecule has 7 aromatic heterocycles. The van der Waals surface area contributed by atoms with Gasteiger partial charge in [-0.25, -0.2) is 0 Å². The van der Waals surface area contributed by atoms with Crippen molar-refractivity contribution in [2.24, 2.45) is 0 Å². The van der Waals surface area contributed by atoms with Crippen LogP contribution in [0, 0.1) is 0 Å². The van der Waals surface area contributed by atoms with E-state index in [0.29, 0.717) is 0 Å². The zero-order valence-corrected chi connectivity index (χ0v) is 59.0. The summed E-state index contributed by atoms with van der Waals surface area (Å²) in [6.07, 6.45) is 55.7. The highest BCUT2D eigenvalue weighted by Gasteiger charge is 2.24. The summed E-state index contributed by atoms with van der Waals surface area (Å²) in [5.41, 5.74) is 9.59. The molecular weight excluding hydrogens is 1140 g/mol. The van der Waals surface area contributed by atoms with Crippen molar-refractivity contribution in [1.82, 2.24) is 0 Å². The molecule has 458 valence electrons. The predicted molar refractivity (Wildman–Crippen MR) is 387 cm³/mol. The average molecular weight is 1250 g/mol. The van der Waals surface area contributed by atoms with Crippen LogP contribution in [-0.2, 0) is 38.5 Å². The fourth-order valence-corrected chi connectivity index (χ4v) is 21.0. The summed E-state index contributed by atoms with van der Waals surface area (Å²) < 4.78 is 0. The Kier molecular flexibility index (Phi) is 33.3. The molecule has 0 N–H and O–H groups in total. The molecule has 0 aliphatic carbocycles. The standard InChI is InChI=1S/C76H112S7/c1-7-13-19-25-31-37-43-59-51-53-77-71(59)67-55-63(47-41-35-29-23-17-11-5)75(80-67)69-57-61(45-39-33-27-21-15-9-3)73(82-69)65-49-50-66(79-65)74-62(46-40-34-28-22-16-10-4)58-70(83-74)76-64(48-42-36-30-24-18-12-6)56-68(81-76)72-60(52-54-78-72)44-38-32-26-20-14-8-2/h49-58H,7-48H2,1-6H3. The first-order chi connectivity index (χ1) is 41.0. The number of thiophene rings is 7. The molecule has 7 heterocycles. The van der Waals surface area contributed by atoms with Gasteiger partial charge in [0.25, 0.3) is 0 Å². The minimum Gasteiger partial charge on any atom is -0.143 e.